The second kappa shape index (κ2) is 8.31. The monoisotopic (exact) mass is 429 g/mol. The number of ether oxygens (including phenoxy) is 2. The Kier molecular flexibility index (Phi) is 5.60. The predicted octanol–water partition coefficient (Wildman–Crippen LogP) is 4.90. The van der Waals surface area contributed by atoms with Crippen molar-refractivity contribution >= 4 is 39.8 Å². The van der Waals surface area contributed by atoms with Crippen LogP contribution < -0.4 is 20.1 Å². The fourth-order valence-electron chi connectivity index (χ4n) is 3.34. The number of nitrogens with one attached hydrogen (secondary N) is 2. The molecule has 8 heteroatoms. The summed E-state index contributed by atoms with van der Waals surface area (Å²) in [5.41, 5.74) is 1.89. The van der Waals surface area contributed by atoms with Crippen molar-refractivity contribution < 1.29 is 14.3 Å². The van der Waals surface area contributed by atoms with E-state index in [1.165, 1.54) is 11.3 Å². The number of amides is 1. The van der Waals surface area contributed by atoms with Crippen LogP contribution in [0.1, 0.15) is 28.3 Å². The third-order valence-corrected chi connectivity index (χ3v) is 6.17. The number of fused-ring (bicyclic) bond motifs is 1. The van der Waals surface area contributed by atoms with Crippen LogP contribution in [0.2, 0.25) is 5.02 Å². The summed E-state index contributed by atoms with van der Waals surface area (Å²) in [4.78, 5) is 17.8. The summed E-state index contributed by atoms with van der Waals surface area (Å²) in [7, 11) is 3.42. The van der Waals surface area contributed by atoms with Gasteiger partial charge in [-0.05, 0) is 23.8 Å². The van der Waals surface area contributed by atoms with Crippen molar-refractivity contribution in [2.75, 3.05) is 24.8 Å². The fourth-order valence-corrected chi connectivity index (χ4v) is 4.45. The summed E-state index contributed by atoms with van der Waals surface area (Å²) < 4.78 is 11.7. The van der Waals surface area contributed by atoms with E-state index in [1.54, 1.807) is 7.11 Å². The van der Waals surface area contributed by atoms with Crippen LogP contribution in [-0.2, 0) is 11.4 Å². The lowest BCUT2D eigenvalue weighted by Gasteiger charge is -2.24. The molecule has 1 aliphatic rings. The SMILES string of the molecule is CNc1nc2c(s1)[C@@H](c1cccc(OC)c1OCc1ccc(Cl)cc1)CC(=O)N2. The molecule has 0 spiro atoms. The summed E-state index contributed by atoms with van der Waals surface area (Å²) in [6, 6.07) is 13.3. The van der Waals surface area contributed by atoms with E-state index >= 15 is 0 Å². The predicted molar refractivity (Wildman–Crippen MR) is 116 cm³/mol. The molecule has 4 rings (SSSR count). The highest BCUT2D eigenvalue weighted by Gasteiger charge is 2.33. The molecule has 2 heterocycles. The first-order chi connectivity index (χ1) is 14.1. The van der Waals surface area contributed by atoms with Gasteiger partial charge in [0, 0.05) is 30.0 Å². The molecule has 1 amide bonds. The largest absolute Gasteiger partial charge is 0.493 e. The van der Waals surface area contributed by atoms with Crippen LogP contribution in [0, 0.1) is 0 Å². The van der Waals surface area contributed by atoms with Crippen molar-refractivity contribution in [1.29, 1.82) is 0 Å². The zero-order chi connectivity index (χ0) is 20.4. The van der Waals surface area contributed by atoms with Crippen molar-refractivity contribution in [3.05, 3.63) is 63.5 Å². The highest BCUT2D eigenvalue weighted by Crippen LogP contribution is 2.47. The van der Waals surface area contributed by atoms with Crippen LogP contribution in [0.25, 0.3) is 0 Å². The van der Waals surface area contributed by atoms with E-state index in [2.05, 4.69) is 15.6 Å². The fraction of sp³-hybridized carbons (Fsp3) is 0.238. The highest BCUT2D eigenvalue weighted by atomic mass is 35.5. The van der Waals surface area contributed by atoms with Gasteiger partial charge in [-0.25, -0.2) is 4.98 Å². The molecule has 1 atom stereocenters. The molecule has 1 aromatic heterocycles. The number of carbonyl (C=O) groups excluding carboxylic acids is 1. The number of hydrogen-bond donors (Lipinski definition) is 2. The molecule has 150 valence electrons. The minimum absolute atomic E-state index is 0.0677. The molecule has 6 nitrogen and oxygen atoms in total. The van der Waals surface area contributed by atoms with Crippen molar-refractivity contribution in [3.8, 4) is 11.5 Å². The lowest BCUT2D eigenvalue weighted by Crippen LogP contribution is -2.23. The molecule has 0 radical (unpaired) electrons. The number of anilines is 2. The smallest absolute Gasteiger partial charge is 0.226 e. The first kappa shape index (κ1) is 19.5. The molecule has 0 saturated carbocycles. The van der Waals surface area contributed by atoms with Gasteiger partial charge < -0.3 is 20.1 Å². The third kappa shape index (κ3) is 4.02. The number of nitrogens with zero attached hydrogens (tertiary/aromatic N) is 1. The number of methoxy groups -OCH3 is 1. The van der Waals surface area contributed by atoms with Crippen LogP contribution >= 0.6 is 22.9 Å². The zero-order valence-corrected chi connectivity index (χ0v) is 17.6. The topological polar surface area (TPSA) is 72.5 Å². The standard InChI is InChI=1S/C21H20ClN3O3S/c1-23-21-25-20-19(29-21)15(10-17(26)24-20)14-4-3-5-16(27-2)18(14)28-11-12-6-8-13(22)9-7-12/h3-9,15H,10-11H2,1-2H3,(H,23,25)(H,24,26)/t15-/m1/s1. The summed E-state index contributed by atoms with van der Waals surface area (Å²) in [6.45, 7) is 0.362. The molecule has 0 bridgehead atoms. The Morgan fingerprint density at radius 2 is 2.07 bits per heavy atom. The van der Waals surface area contributed by atoms with Crippen LogP contribution in [0.3, 0.4) is 0 Å². The summed E-state index contributed by atoms with van der Waals surface area (Å²) in [5.74, 6) is 1.64. The van der Waals surface area contributed by atoms with Gasteiger partial charge in [-0.1, -0.05) is 47.2 Å². The Labute approximate surface area is 177 Å². The molecule has 0 saturated heterocycles. The van der Waals surface area contributed by atoms with Gasteiger partial charge in [-0.15, -0.1) is 0 Å². The van der Waals surface area contributed by atoms with Gasteiger partial charge in [0.2, 0.25) is 5.91 Å². The van der Waals surface area contributed by atoms with E-state index in [0.29, 0.717) is 35.4 Å². The van der Waals surface area contributed by atoms with Gasteiger partial charge in [0.05, 0.1) is 12.0 Å². The molecule has 0 aliphatic carbocycles. The van der Waals surface area contributed by atoms with Gasteiger partial charge in [0.25, 0.3) is 0 Å². The lowest BCUT2D eigenvalue weighted by molar-refractivity contribution is -0.116. The van der Waals surface area contributed by atoms with E-state index in [1.807, 2.05) is 49.5 Å². The Balaban J connectivity index is 1.71. The van der Waals surface area contributed by atoms with Crippen molar-refractivity contribution in [1.82, 2.24) is 4.98 Å². The Bertz CT molecular complexity index is 1040. The van der Waals surface area contributed by atoms with Gasteiger partial charge in [0.1, 0.15) is 12.4 Å². The minimum Gasteiger partial charge on any atom is -0.493 e. The maximum absolute atomic E-state index is 12.3. The second-order valence-corrected chi connectivity index (χ2v) is 8.05. The van der Waals surface area contributed by atoms with Gasteiger partial charge in [-0.3, -0.25) is 4.79 Å². The lowest BCUT2D eigenvalue weighted by atomic mass is 9.90. The molecule has 0 unspecified atom stereocenters. The normalized spacial score (nSPS) is 15.4. The van der Waals surface area contributed by atoms with Crippen LogP contribution in [0.5, 0.6) is 11.5 Å². The zero-order valence-electron chi connectivity index (χ0n) is 16.0. The van der Waals surface area contributed by atoms with Crippen LogP contribution in [0.4, 0.5) is 10.9 Å². The number of aromatic nitrogens is 1. The van der Waals surface area contributed by atoms with E-state index < -0.39 is 0 Å². The molecule has 0 fully saturated rings. The number of benzene rings is 2. The summed E-state index contributed by atoms with van der Waals surface area (Å²) in [5, 5.41) is 7.35. The number of rotatable bonds is 6. The van der Waals surface area contributed by atoms with Crippen molar-refractivity contribution in [2.45, 2.75) is 18.9 Å². The molecular weight excluding hydrogens is 410 g/mol. The maximum atomic E-state index is 12.3. The van der Waals surface area contributed by atoms with E-state index in [0.717, 1.165) is 21.1 Å². The number of carbonyl (C=O) groups is 1. The van der Waals surface area contributed by atoms with Gasteiger partial charge in [0.15, 0.2) is 16.6 Å². The first-order valence-electron chi connectivity index (χ1n) is 9.11. The van der Waals surface area contributed by atoms with Crippen molar-refractivity contribution in [3.63, 3.8) is 0 Å². The number of halogens is 1. The van der Waals surface area contributed by atoms with E-state index in [4.69, 9.17) is 21.1 Å². The first-order valence-corrected chi connectivity index (χ1v) is 10.3. The number of para-hydroxylation sites is 1. The maximum Gasteiger partial charge on any atom is 0.226 e. The van der Waals surface area contributed by atoms with E-state index in [9.17, 15) is 4.79 Å². The molecular formula is C21H20ClN3O3S. The summed E-state index contributed by atoms with van der Waals surface area (Å²) >= 11 is 7.50. The minimum atomic E-state index is -0.159. The van der Waals surface area contributed by atoms with Crippen molar-refractivity contribution in [2.24, 2.45) is 0 Å². The molecule has 2 N–H and O–H groups in total. The van der Waals surface area contributed by atoms with Crippen LogP contribution in [-0.4, -0.2) is 25.0 Å². The molecule has 29 heavy (non-hydrogen) atoms. The van der Waals surface area contributed by atoms with Gasteiger partial charge in [-0.2, -0.15) is 0 Å². The average Bonchev–Trinajstić information content (AvgIpc) is 3.15. The highest BCUT2D eigenvalue weighted by molar-refractivity contribution is 7.16. The molecule has 1 aliphatic heterocycles. The Morgan fingerprint density at radius 1 is 1.28 bits per heavy atom. The number of hydrogen-bond acceptors (Lipinski definition) is 6. The average molecular weight is 430 g/mol. The third-order valence-electron chi connectivity index (χ3n) is 4.73. The number of thiazole rings is 1. The Hall–Kier alpha value is -2.77. The summed E-state index contributed by atoms with van der Waals surface area (Å²) in [6.07, 6.45) is 0.322. The van der Waals surface area contributed by atoms with Gasteiger partial charge >= 0.3 is 0 Å². The second-order valence-electron chi connectivity index (χ2n) is 6.58. The Morgan fingerprint density at radius 3 is 2.79 bits per heavy atom. The quantitative estimate of drug-likeness (QED) is 0.583. The van der Waals surface area contributed by atoms with Crippen LogP contribution in [0.15, 0.2) is 42.5 Å². The molecule has 3 aromatic rings. The van der Waals surface area contributed by atoms with E-state index in [-0.39, 0.29) is 11.8 Å². The molecule has 2 aromatic carbocycles.